The number of fused-ring (bicyclic) bond motifs is 8. The maximum absolute atomic E-state index is 14.2. The Bertz CT molecular complexity index is 1130. The van der Waals surface area contributed by atoms with Gasteiger partial charge in [-0.25, -0.2) is 4.79 Å². The van der Waals surface area contributed by atoms with Crippen molar-refractivity contribution in [2.75, 3.05) is 33.4 Å². The number of amides is 1. The van der Waals surface area contributed by atoms with Crippen molar-refractivity contribution in [3.8, 4) is 0 Å². The van der Waals surface area contributed by atoms with Gasteiger partial charge in [0.25, 0.3) is 0 Å². The van der Waals surface area contributed by atoms with Crippen LogP contribution in [0.5, 0.6) is 0 Å². The molecule has 1 amide bonds. The van der Waals surface area contributed by atoms with E-state index in [1.807, 2.05) is 0 Å². The fourth-order valence-electron chi connectivity index (χ4n) is 7.96. The molecule has 240 valence electrons. The third kappa shape index (κ3) is 7.90. The minimum absolute atomic E-state index is 0.0313. The lowest BCUT2D eigenvalue weighted by Gasteiger charge is -2.46. The summed E-state index contributed by atoms with van der Waals surface area (Å²) >= 11 is 0. The molecule has 0 unspecified atom stereocenters. The van der Waals surface area contributed by atoms with E-state index in [1.54, 1.807) is 18.9 Å². The van der Waals surface area contributed by atoms with Crippen LogP contribution in [0.25, 0.3) is 0 Å². The van der Waals surface area contributed by atoms with Crippen molar-refractivity contribution < 1.29 is 29.3 Å². The van der Waals surface area contributed by atoms with Gasteiger partial charge in [0.15, 0.2) is 5.78 Å². The fraction of sp³-hybridized carbons (Fsp3) is 0.722. The number of carbonyl (C=O) groups is 2. The van der Waals surface area contributed by atoms with Gasteiger partial charge in [0.2, 0.25) is 0 Å². The van der Waals surface area contributed by atoms with Crippen LogP contribution in [0.4, 0.5) is 4.79 Å². The number of hydrogen-bond donors (Lipinski definition) is 2. The van der Waals surface area contributed by atoms with Gasteiger partial charge in [-0.05, 0) is 101 Å². The van der Waals surface area contributed by atoms with Crippen molar-refractivity contribution in [2.24, 2.45) is 11.3 Å². The normalized spacial score (nSPS) is 28.6. The van der Waals surface area contributed by atoms with E-state index in [2.05, 4.69) is 38.1 Å². The monoisotopic (exact) mass is 597 g/mol. The van der Waals surface area contributed by atoms with Crippen LogP contribution in [0, 0.1) is 11.3 Å². The van der Waals surface area contributed by atoms with E-state index in [4.69, 9.17) is 9.47 Å². The van der Waals surface area contributed by atoms with Crippen LogP contribution in [0.3, 0.4) is 0 Å². The van der Waals surface area contributed by atoms with Crippen molar-refractivity contribution in [3.05, 3.63) is 46.5 Å². The molecule has 0 saturated heterocycles. The molecule has 0 radical (unpaired) electrons. The van der Waals surface area contributed by atoms with E-state index in [1.165, 1.54) is 12.0 Å². The van der Waals surface area contributed by atoms with Gasteiger partial charge in [0, 0.05) is 37.2 Å². The second-order valence-electron chi connectivity index (χ2n) is 13.6. The molecule has 0 spiro atoms. The minimum atomic E-state index is -1.16. The van der Waals surface area contributed by atoms with Crippen LogP contribution in [-0.4, -0.2) is 72.1 Å². The zero-order chi connectivity index (χ0) is 31.0. The number of aliphatic hydroxyl groups is 2. The Morgan fingerprint density at radius 1 is 1.09 bits per heavy atom. The van der Waals surface area contributed by atoms with E-state index in [-0.39, 0.29) is 30.8 Å². The first-order valence-electron chi connectivity index (χ1n) is 16.8. The zero-order valence-electron chi connectivity index (χ0n) is 27.0. The molecule has 2 saturated carbocycles. The molecule has 7 nitrogen and oxygen atoms in total. The minimum Gasteiger partial charge on any atom is -0.450 e. The van der Waals surface area contributed by atoms with E-state index in [9.17, 15) is 19.8 Å². The average Bonchev–Trinajstić information content (AvgIpc) is 3.25. The molecule has 4 aliphatic rings. The number of aliphatic hydroxyl groups excluding tert-OH is 1. The maximum atomic E-state index is 14.2. The lowest BCUT2D eigenvalue weighted by molar-refractivity contribution is -0.0814. The number of hydrogen-bond acceptors (Lipinski definition) is 6. The number of ketones is 1. The van der Waals surface area contributed by atoms with Gasteiger partial charge >= 0.3 is 6.09 Å². The first-order valence-corrected chi connectivity index (χ1v) is 16.8. The molecule has 5 rings (SSSR count). The molecule has 1 aromatic carbocycles. The smallest absolute Gasteiger partial charge is 0.409 e. The van der Waals surface area contributed by atoms with Crippen molar-refractivity contribution in [1.29, 1.82) is 0 Å². The summed E-state index contributed by atoms with van der Waals surface area (Å²) in [4.78, 5) is 28.9. The molecule has 43 heavy (non-hydrogen) atoms. The molecule has 0 heterocycles. The maximum Gasteiger partial charge on any atom is 0.409 e. The van der Waals surface area contributed by atoms with E-state index >= 15 is 0 Å². The standard InChI is InChI=1S/C36H55NO6/c1-5-43-34(40)37(21-10-22-42-4)25-36(41)20-18-32-30-17-15-27(24-31(30)33(39)28-12-7-6-8-13-28)23-29(38)16-14-26(2)11-9-19-35(32,36)3/h11,15,17,24,28-29,32,38,41H,5-10,12-14,16,18-23,25H2,1-4H3/t29-,32-,35-,36+/m0/s1. The summed E-state index contributed by atoms with van der Waals surface area (Å²) in [6.07, 6.45) is 12.0. The number of Topliss-reactive ketones (excluding diaryl/α,β-unsaturated/α-hetero) is 1. The summed E-state index contributed by atoms with van der Waals surface area (Å²) in [6.45, 7) is 7.50. The van der Waals surface area contributed by atoms with Gasteiger partial charge in [-0.3, -0.25) is 4.79 Å². The highest BCUT2D eigenvalue weighted by Gasteiger charge is 2.57. The number of ether oxygens (including phenoxy) is 2. The molecule has 2 fully saturated rings. The topological polar surface area (TPSA) is 96.3 Å². The molecular formula is C36H55NO6. The summed E-state index contributed by atoms with van der Waals surface area (Å²) in [7, 11) is 1.65. The number of methoxy groups -OCH3 is 1. The quantitative estimate of drug-likeness (QED) is 0.181. The number of benzene rings is 1. The first-order chi connectivity index (χ1) is 20.6. The van der Waals surface area contributed by atoms with Crippen LogP contribution in [0.15, 0.2) is 29.8 Å². The highest BCUT2D eigenvalue weighted by Crippen LogP contribution is 2.59. The third-order valence-electron chi connectivity index (χ3n) is 10.7. The Morgan fingerprint density at radius 2 is 1.86 bits per heavy atom. The molecule has 1 aromatic rings. The number of carbonyl (C=O) groups excluding carboxylic acids is 2. The summed E-state index contributed by atoms with van der Waals surface area (Å²) in [5, 5.41) is 23.5. The van der Waals surface area contributed by atoms with Gasteiger partial charge in [-0.1, -0.05) is 50.0 Å². The van der Waals surface area contributed by atoms with Gasteiger partial charge in [0.1, 0.15) is 0 Å². The van der Waals surface area contributed by atoms with Crippen LogP contribution in [-0.2, 0) is 15.9 Å². The SMILES string of the molecule is CCOC(=O)N(CCCOC)C[C@]1(O)CC[C@H]2c3ccc(cc3C(=O)C3CCCCC3)C[C@@H](O)CCC(C)=CCC[C@@]21C. The molecular weight excluding hydrogens is 542 g/mol. The molecule has 0 aliphatic heterocycles. The average molecular weight is 598 g/mol. The van der Waals surface area contributed by atoms with Gasteiger partial charge < -0.3 is 24.6 Å². The molecule has 2 bridgehead atoms. The van der Waals surface area contributed by atoms with E-state index in [0.29, 0.717) is 38.8 Å². The van der Waals surface area contributed by atoms with Crippen molar-refractivity contribution >= 4 is 11.9 Å². The summed E-state index contributed by atoms with van der Waals surface area (Å²) in [5.74, 6) is 0.210. The Kier molecular flexibility index (Phi) is 11.9. The Hall–Kier alpha value is -2.22. The second-order valence-corrected chi connectivity index (χ2v) is 13.6. The highest BCUT2D eigenvalue weighted by molar-refractivity contribution is 5.99. The van der Waals surface area contributed by atoms with Crippen LogP contribution in [0.2, 0.25) is 0 Å². The van der Waals surface area contributed by atoms with E-state index in [0.717, 1.165) is 68.1 Å². The number of rotatable bonds is 9. The zero-order valence-corrected chi connectivity index (χ0v) is 27.0. The first kappa shape index (κ1) is 33.7. The third-order valence-corrected chi connectivity index (χ3v) is 10.7. The second kappa shape index (κ2) is 15.2. The fourth-order valence-corrected chi connectivity index (χ4v) is 7.96. The number of nitrogens with zero attached hydrogens (tertiary/aromatic N) is 1. The molecule has 2 N–H and O–H groups in total. The summed E-state index contributed by atoms with van der Waals surface area (Å²) < 4.78 is 10.7. The number of allylic oxidation sites excluding steroid dienone is 2. The molecule has 7 heteroatoms. The highest BCUT2D eigenvalue weighted by atomic mass is 16.6. The summed E-state index contributed by atoms with van der Waals surface area (Å²) in [6, 6.07) is 6.25. The Balaban J connectivity index is 1.77. The van der Waals surface area contributed by atoms with Crippen LogP contribution in [0.1, 0.15) is 125 Å². The largest absolute Gasteiger partial charge is 0.450 e. The van der Waals surface area contributed by atoms with Crippen LogP contribution < -0.4 is 0 Å². The lowest BCUT2D eigenvalue weighted by atomic mass is 9.64. The predicted molar refractivity (Wildman–Crippen MR) is 169 cm³/mol. The van der Waals surface area contributed by atoms with Crippen molar-refractivity contribution in [2.45, 2.75) is 122 Å². The lowest BCUT2D eigenvalue weighted by Crippen LogP contribution is -2.54. The Labute approximate surface area is 259 Å². The molecule has 4 atom stereocenters. The molecule has 4 aliphatic carbocycles. The van der Waals surface area contributed by atoms with Crippen molar-refractivity contribution in [1.82, 2.24) is 4.90 Å². The van der Waals surface area contributed by atoms with Gasteiger partial charge in [-0.15, -0.1) is 0 Å². The van der Waals surface area contributed by atoms with Crippen molar-refractivity contribution in [3.63, 3.8) is 0 Å². The Morgan fingerprint density at radius 3 is 2.58 bits per heavy atom. The van der Waals surface area contributed by atoms with Gasteiger partial charge in [0.05, 0.1) is 24.9 Å². The predicted octanol–water partition coefficient (Wildman–Crippen LogP) is 6.98. The van der Waals surface area contributed by atoms with Crippen LogP contribution >= 0.6 is 0 Å². The summed E-state index contributed by atoms with van der Waals surface area (Å²) in [5.41, 5.74) is 2.30. The molecule has 0 aromatic heterocycles. The van der Waals surface area contributed by atoms with Gasteiger partial charge in [-0.2, -0.15) is 0 Å². The van der Waals surface area contributed by atoms with E-state index < -0.39 is 23.2 Å².